The lowest BCUT2D eigenvalue weighted by Gasteiger charge is -2.23. The number of hydrogen-bond donors (Lipinski definition) is 2. The molecule has 2 rings (SSSR count). The van der Waals surface area contributed by atoms with Crippen LogP contribution < -0.4 is 10.6 Å². The second kappa shape index (κ2) is 5.03. The minimum atomic E-state index is -0.532. The molecule has 2 heterocycles. The number of anilines is 1. The van der Waals surface area contributed by atoms with Crippen molar-refractivity contribution in [3.8, 4) is 0 Å². The lowest BCUT2D eigenvalue weighted by Crippen LogP contribution is -2.48. The zero-order chi connectivity index (χ0) is 13.3. The third kappa shape index (κ3) is 2.60. The highest BCUT2D eigenvalue weighted by molar-refractivity contribution is 6.34. The maximum absolute atomic E-state index is 12.2. The number of nitrogens with one attached hydrogen (secondary N) is 2. The molecule has 1 aromatic rings. The van der Waals surface area contributed by atoms with Gasteiger partial charge in [-0.2, -0.15) is 0 Å². The van der Waals surface area contributed by atoms with E-state index in [1.165, 1.54) is 0 Å². The van der Waals surface area contributed by atoms with Gasteiger partial charge in [0, 0.05) is 0 Å². The van der Waals surface area contributed by atoms with Crippen molar-refractivity contribution in [1.29, 1.82) is 0 Å². The lowest BCUT2D eigenvalue weighted by atomic mass is 9.99. The van der Waals surface area contributed by atoms with Crippen molar-refractivity contribution in [3.63, 3.8) is 0 Å². The fourth-order valence-electron chi connectivity index (χ4n) is 2.09. The maximum Gasteiger partial charge on any atom is 0.244 e. The maximum atomic E-state index is 12.2. The molecule has 1 amide bonds. The number of carbonyl (C=O) groups excluding carboxylic acids is 1. The Morgan fingerprint density at radius 3 is 2.83 bits per heavy atom. The number of amides is 1. The molecule has 0 aliphatic carbocycles. The van der Waals surface area contributed by atoms with Crippen molar-refractivity contribution >= 4 is 34.8 Å². The monoisotopic (exact) mass is 287 g/mol. The van der Waals surface area contributed by atoms with E-state index in [0.717, 1.165) is 24.9 Å². The van der Waals surface area contributed by atoms with E-state index in [1.54, 1.807) is 6.07 Å². The van der Waals surface area contributed by atoms with E-state index >= 15 is 0 Å². The molecule has 0 aromatic carbocycles. The Hall–Kier alpha value is -0.840. The highest BCUT2D eigenvalue weighted by Gasteiger charge is 2.36. The van der Waals surface area contributed by atoms with Gasteiger partial charge in [0.05, 0.1) is 11.2 Å². The molecule has 4 nitrogen and oxygen atoms in total. The van der Waals surface area contributed by atoms with E-state index in [9.17, 15) is 4.79 Å². The first-order valence-corrected chi connectivity index (χ1v) is 6.57. The first-order chi connectivity index (χ1) is 8.42. The number of nitrogens with zero attached hydrogens (tertiary/aromatic N) is 1. The second-order valence-electron chi connectivity index (χ2n) is 4.74. The molecule has 0 spiro atoms. The van der Waals surface area contributed by atoms with Gasteiger partial charge >= 0.3 is 0 Å². The summed E-state index contributed by atoms with van der Waals surface area (Å²) in [4.78, 5) is 16.2. The van der Waals surface area contributed by atoms with Crippen LogP contribution in [0.2, 0.25) is 10.3 Å². The summed E-state index contributed by atoms with van der Waals surface area (Å²) in [5, 5.41) is 6.57. The van der Waals surface area contributed by atoms with E-state index in [4.69, 9.17) is 23.2 Å². The van der Waals surface area contributed by atoms with Crippen molar-refractivity contribution in [2.75, 3.05) is 11.9 Å². The normalized spacial score (nSPS) is 23.1. The molecule has 1 aliphatic heterocycles. The summed E-state index contributed by atoms with van der Waals surface area (Å²) in [7, 11) is 0. The van der Waals surface area contributed by atoms with Gasteiger partial charge in [0.1, 0.15) is 5.15 Å². The molecule has 1 saturated heterocycles. The predicted molar refractivity (Wildman–Crippen MR) is 73.3 cm³/mol. The fraction of sp³-hybridized carbons (Fsp3) is 0.500. The summed E-state index contributed by atoms with van der Waals surface area (Å²) in [5.74, 6) is -0.0888. The van der Waals surface area contributed by atoms with Crippen LogP contribution >= 0.6 is 23.2 Å². The third-order valence-corrected chi connectivity index (χ3v) is 3.72. The number of hydrogen-bond acceptors (Lipinski definition) is 3. The molecule has 1 aliphatic rings. The third-order valence-electron chi connectivity index (χ3n) is 3.25. The van der Waals surface area contributed by atoms with E-state index < -0.39 is 5.54 Å². The number of halogens is 2. The van der Waals surface area contributed by atoms with Gasteiger partial charge in [0.2, 0.25) is 5.91 Å². The molecule has 98 valence electrons. The molecular weight excluding hydrogens is 273 g/mol. The second-order valence-corrected chi connectivity index (χ2v) is 5.49. The summed E-state index contributed by atoms with van der Waals surface area (Å²) < 4.78 is 0. The molecule has 0 saturated carbocycles. The van der Waals surface area contributed by atoms with Gasteiger partial charge in [-0.3, -0.25) is 4.79 Å². The number of carbonyl (C=O) groups is 1. The SMILES string of the molecule is Cc1cc(Cl)nc(Cl)c1NC(=O)C1(C)CCCN1. The lowest BCUT2D eigenvalue weighted by molar-refractivity contribution is -0.121. The molecule has 0 radical (unpaired) electrons. The quantitative estimate of drug-likeness (QED) is 0.823. The smallest absolute Gasteiger partial charge is 0.244 e. The summed E-state index contributed by atoms with van der Waals surface area (Å²) in [6.07, 6.45) is 1.81. The van der Waals surface area contributed by atoms with Crippen LogP contribution in [0.1, 0.15) is 25.3 Å². The molecule has 0 bridgehead atoms. The fourth-order valence-corrected chi connectivity index (χ4v) is 2.66. The Bertz CT molecular complexity index is 461. The summed E-state index contributed by atoms with van der Waals surface area (Å²) in [5.41, 5.74) is 0.797. The average molecular weight is 288 g/mol. The number of pyridine rings is 1. The summed E-state index contributed by atoms with van der Waals surface area (Å²) in [6.45, 7) is 4.58. The minimum absolute atomic E-state index is 0.0888. The van der Waals surface area contributed by atoms with Gasteiger partial charge in [0.15, 0.2) is 5.15 Å². The standard InChI is InChI=1S/C12H15Cl2N3O/c1-7-6-8(13)16-10(14)9(7)17-11(18)12(2)4-3-5-15-12/h6,15H,3-5H2,1-2H3,(H,17,18). The average Bonchev–Trinajstić information content (AvgIpc) is 2.71. The van der Waals surface area contributed by atoms with E-state index in [0.29, 0.717) is 10.8 Å². The molecule has 1 aromatic heterocycles. The first-order valence-electron chi connectivity index (χ1n) is 5.81. The van der Waals surface area contributed by atoms with Crippen LogP contribution in [-0.4, -0.2) is 23.0 Å². The predicted octanol–water partition coefficient (Wildman–Crippen LogP) is 2.78. The van der Waals surface area contributed by atoms with Crippen molar-refractivity contribution in [3.05, 3.63) is 21.9 Å². The zero-order valence-electron chi connectivity index (χ0n) is 10.3. The molecule has 1 unspecified atom stereocenters. The van der Waals surface area contributed by atoms with Gasteiger partial charge in [0.25, 0.3) is 0 Å². The van der Waals surface area contributed by atoms with Crippen LogP contribution in [0.3, 0.4) is 0 Å². The van der Waals surface area contributed by atoms with Gasteiger partial charge in [-0.25, -0.2) is 4.98 Å². The largest absolute Gasteiger partial charge is 0.322 e. The number of rotatable bonds is 2. The molecule has 6 heteroatoms. The van der Waals surface area contributed by atoms with Crippen molar-refractivity contribution in [2.24, 2.45) is 0 Å². The number of aryl methyl sites for hydroxylation is 1. The van der Waals surface area contributed by atoms with Crippen LogP contribution in [0, 0.1) is 6.92 Å². The van der Waals surface area contributed by atoms with Crippen molar-refractivity contribution in [2.45, 2.75) is 32.2 Å². The Morgan fingerprint density at radius 1 is 1.56 bits per heavy atom. The Morgan fingerprint density at radius 2 is 2.28 bits per heavy atom. The molecule has 1 atom stereocenters. The zero-order valence-corrected chi connectivity index (χ0v) is 11.8. The van der Waals surface area contributed by atoms with Crippen LogP contribution in [0.25, 0.3) is 0 Å². The van der Waals surface area contributed by atoms with E-state index in [2.05, 4.69) is 15.6 Å². The van der Waals surface area contributed by atoms with Crippen LogP contribution in [0.4, 0.5) is 5.69 Å². The Balaban J connectivity index is 2.22. The molecule has 18 heavy (non-hydrogen) atoms. The van der Waals surface area contributed by atoms with E-state index in [1.807, 2.05) is 13.8 Å². The topological polar surface area (TPSA) is 54.0 Å². The summed E-state index contributed by atoms with van der Waals surface area (Å²) in [6, 6.07) is 1.67. The Kier molecular flexibility index (Phi) is 3.80. The van der Waals surface area contributed by atoms with Gasteiger partial charge in [-0.05, 0) is 44.9 Å². The van der Waals surface area contributed by atoms with E-state index in [-0.39, 0.29) is 11.1 Å². The minimum Gasteiger partial charge on any atom is -0.322 e. The Labute approximate surface area is 116 Å². The molecular formula is C12H15Cl2N3O. The highest BCUT2D eigenvalue weighted by atomic mass is 35.5. The number of aromatic nitrogens is 1. The molecule has 1 fully saturated rings. The van der Waals surface area contributed by atoms with Crippen LogP contribution in [-0.2, 0) is 4.79 Å². The highest BCUT2D eigenvalue weighted by Crippen LogP contribution is 2.28. The van der Waals surface area contributed by atoms with Crippen LogP contribution in [0.5, 0.6) is 0 Å². The van der Waals surface area contributed by atoms with Crippen molar-refractivity contribution in [1.82, 2.24) is 10.3 Å². The van der Waals surface area contributed by atoms with Gasteiger partial charge < -0.3 is 10.6 Å². The molecule has 2 N–H and O–H groups in total. The van der Waals surface area contributed by atoms with Gasteiger partial charge in [-0.15, -0.1) is 0 Å². The van der Waals surface area contributed by atoms with Crippen LogP contribution in [0.15, 0.2) is 6.07 Å². The first kappa shape index (κ1) is 13.6. The summed E-state index contributed by atoms with van der Waals surface area (Å²) >= 11 is 11.8. The van der Waals surface area contributed by atoms with Gasteiger partial charge in [-0.1, -0.05) is 23.2 Å². The van der Waals surface area contributed by atoms with Crippen molar-refractivity contribution < 1.29 is 4.79 Å².